The molecule has 0 aliphatic heterocycles. The van der Waals surface area contributed by atoms with Gasteiger partial charge in [-0.15, -0.1) is 11.6 Å². The number of alkyl halides is 1. The molecular formula is C13H16BrClO. The Bertz CT molecular complexity index is 392. The molecule has 16 heavy (non-hydrogen) atoms. The van der Waals surface area contributed by atoms with Crippen LogP contribution in [0.25, 0.3) is 0 Å². The van der Waals surface area contributed by atoms with Gasteiger partial charge in [-0.1, -0.05) is 22.9 Å². The topological polar surface area (TPSA) is 9.23 Å². The smallest absolute Gasteiger partial charge is 0.123 e. The van der Waals surface area contributed by atoms with Crippen LogP contribution in [0.4, 0.5) is 0 Å². The highest BCUT2D eigenvalue weighted by atomic mass is 79.9. The second-order valence-electron chi connectivity index (χ2n) is 4.25. The van der Waals surface area contributed by atoms with E-state index in [4.69, 9.17) is 16.3 Å². The fraction of sp³-hybridized carbons (Fsp3) is 0.538. The standard InChI is InChI=1S/C13H16BrClO/c1-3-16-11-7-5-9(14)13-10(15)6-4-8(2)12(11)13/h5,7-8,10H,3-4,6H2,1-2H3. The van der Waals surface area contributed by atoms with Gasteiger partial charge in [-0.3, -0.25) is 0 Å². The van der Waals surface area contributed by atoms with Crippen LogP contribution in [-0.2, 0) is 0 Å². The summed E-state index contributed by atoms with van der Waals surface area (Å²) in [6.07, 6.45) is 2.18. The van der Waals surface area contributed by atoms with E-state index in [-0.39, 0.29) is 5.38 Å². The summed E-state index contributed by atoms with van der Waals surface area (Å²) in [4.78, 5) is 0. The minimum Gasteiger partial charge on any atom is -0.494 e. The SMILES string of the molecule is CCOc1ccc(Br)c2c1C(C)CCC2Cl. The molecule has 0 spiro atoms. The Morgan fingerprint density at radius 3 is 2.81 bits per heavy atom. The van der Waals surface area contributed by atoms with E-state index in [0.29, 0.717) is 12.5 Å². The first kappa shape index (κ1) is 12.3. The minimum atomic E-state index is 0.112. The van der Waals surface area contributed by atoms with Crippen molar-refractivity contribution in [1.82, 2.24) is 0 Å². The Labute approximate surface area is 110 Å². The zero-order chi connectivity index (χ0) is 11.7. The number of rotatable bonds is 2. The van der Waals surface area contributed by atoms with Crippen molar-refractivity contribution in [3.05, 3.63) is 27.7 Å². The minimum absolute atomic E-state index is 0.112. The Morgan fingerprint density at radius 1 is 1.38 bits per heavy atom. The monoisotopic (exact) mass is 302 g/mol. The van der Waals surface area contributed by atoms with Crippen LogP contribution in [0, 0.1) is 0 Å². The molecule has 0 saturated carbocycles. The summed E-state index contributed by atoms with van der Waals surface area (Å²) in [5.74, 6) is 1.53. The molecule has 1 aliphatic rings. The molecule has 1 nitrogen and oxygen atoms in total. The van der Waals surface area contributed by atoms with Crippen molar-refractivity contribution in [2.45, 2.75) is 38.0 Å². The third kappa shape index (κ3) is 2.10. The third-order valence-electron chi connectivity index (χ3n) is 3.15. The predicted molar refractivity (Wildman–Crippen MR) is 71.6 cm³/mol. The zero-order valence-corrected chi connectivity index (χ0v) is 11.9. The van der Waals surface area contributed by atoms with E-state index in [1.807, 2.05) is 19.1 Å². The molecule has 1 aliphatic carbocycles. The van der Waals surface area contributed by atoms with E-state index in [9.17, 15) is 0 Å². The first-order valence-corrected chi connectivity index (χ1v) is 6.97. The fourth-order valence-corrected chi connectivity index (χ4v) is 3.50. The molecule has 2 unspecified atom stereocenters. The lowest BCUT2D eigenvalue weighted by Crippen LogP contribution is -2.12. The number of halogens is 2. The van der Waals surface area contributed by atoms with E-state index in [0.717, 1.165) is 23.1 Å². The third-order valence-corrected chi connectivity index (χ3v) is 4.28. The van der Waals surface area contributed by atoms with Crippen molar-refractivity contribution in [3.63, 3.8) is 0 Å². The van der Waals surface area contributed by atoms with Crippen LogP contribution in [0.3, 0.4) is 0 Å². The van der Waals surface area contributed by atoms with Gasteiger partial charge in [0.15, 0.2) is 0 Å². The molecule has 1 aromatic carbocycles. The summed E-state index contributed by atoms with van der Waals surface area (Å²) in [6, 6.07) is 4.08. The Kier molecular flexibility index (Phi) is 3.81. The molecule has 0 fully saturated rings. The molecule has 0 amide bonds. The van der Waals surface area contributed by atoms with Crippen LogP contribution >= 0.6 is 27.5 Å². The first-order valence-electron chi connectivity index (χ1n) is 5.74. The van der Waals surface area contributed by atoms with Gasteiger partial charge in [-0.25, -0.2) is 0 Å². The van der Waals surface area contributed by atoms with Crippen LogP contribution in [0.2, 0.25) is 0 Å². The second kappa shape index (κ2) is 4.97. The van der Waals surface area contributed by atoms with Gasteiger partial charge in [0.1, 0.15) is 5.75 Å². The van der Waals surface area contributed by atoms with Crippen LogP contribution in [0.1, 0.15) is 49.1 Å². The summed E-state index contributed by atoms with van der Waals surface area (Å²) in [5, 5.41) is 0.112. The van der Waals surface area contributed by atoms with Crippen molar-refractivity contribution >= 4 is 27.5 Å². The quantitative estimate of drug-likeness (QED) is 0.697. The van der Waals surface area contributed by atoms with Gasteiger partial charge in [0.05, 0.1) is 12.0 Å². The fourth-order valence-electron chi connectivity index (χ4n) is 2.38. The maximum atomic E-state index is 6.40. The van der Waals surface area contributed by atoms with E-state index >= 15 is 0 Å². The summed E-state index contributed by atoms with van der Waals surface area (Å²) < 4.78 is 6.81. The van der Waals surface area contributed by atoms with E-state index < -0.39 is 0 Å². The summed E-state index contributed by atoms with van der Waals surface area (Å²) in [5.41, 5.74) is 2.52. The van der Waals surface area contributed by atoms with Gasteiger partial charge < -0.3 is 4.74 Å². The van der Waals surface area contributed by atoms with Gasteiger partial charge in [-0.05, 0) is 43.4 Å². The highest BCUT2D eigenvalue weighted by Gasteiger charge is 2.28. The van der Waals surface area contributed by atoms with Crippen LogP contribution in [0.5, 0.6) is 5.75 Å². The lowest BCUT2D eigenvalue weighted by Gasteiger charge is -2.29. The van der Waals surface area contributed by atoms with Crippen LogP contribution in [0.15, 0.2) is 16.6 Å². The average molecular weight is 304 g/mol. The number of hydrogen-bond acceptors (Lipinski definition) is 1. The molecule has 3 heteroatoms. The molecule has 88 valence electrons. The molecule has 0 N–H and O–H groups in total. The van der Waals surface area contributed by atoms with Crippen LogP contribution < -0.4 is 4.74 Å². The number of benzene rings is 1. The van der Waals surface area contributed by atoms with Crippen molar-refractivity contribution in [3.8, 4) is 5.75 Å². The molecule has 2 rings (SSSR count). The molecule has 0 heterocycles. The molecule has 0 bridgehead atoms. The highest BCUT2D eigenvalue weighted by Crippen LogP contribution is 2.47. The molecule has 2 atom stereocenters. The highest BCUT2D eigenvalue weighted by molar-refractivity contribution is 9.10. The summed E-state index contributed by atoms with van der Waals surface area (Å²) in [6.45, 7) is 4.96. The second-order valence-corrected chi connectivity index (χ2v) is 5.63. The largest absolute Gasteiger partial charge is 0.494 e. The molecule has 0 saturated heterocycles. The number of hydrogen-bond donors (Lipinski definition) is 0. The van der Waals surface area contributed by atoms with E-state index in [2.05, 4.69) is 22.9 Å². The van der Waals surface area contributed by atoms with Crippen molar-refractivity contribution in [2.24, 2.45) is 0 Å². The van der Waals surface area contributed by atoms with E-state index in [1.54, 1.807) is 0 Å². The number of fused-ring (bicyclic) bond motifs is 1. The predicted octanol–water partition coefficient (Wildman–Crippen LogP) is 5.03. The molecule has 1 aromatic rings. The van der Waals surface area contributed by atoms with Crippen molar-refractivity contribution < 1.29 is 4.74 Å². The first-order chi connectivity index (χ1) is 7.65. The lowest BCUT2D eigenvalue weighted by atomic mass is 9.83. The normalized spacial score (nSPS) is 24.0. The van der Waals surface area contributed by atoms with Crippen LogP contribution in [-0.4, -0.2) is 6.61 Å². The molecule has 0 aromatic heterocycles. The van der Waals surface area contributed by atoms with Gasteiger partial charge >= 0.3 is 0 Å². The number of ether oxygens (including phenoxy) is 1. The average Bonchev–Trinajstić information content (AvgIpc) is 2.26. The summed E-state index contributed by atoms with van der Waals surface area (Å²) in [7, 11) is 0. The Balaban J connectivity index is 2.55. The maximum Gasteiger partial charge on any atom is 0.123 e. The molecular weight excluding hydrogens is 287 g/mol. The summed E-state index contributed by atoms with van der Waals surface area (Å²) >= 11 is 10.00. The zero-order valence-electron chi connectivity index (χ0n) is 9.59. The van der Waals surface area contributed by atoms with Crippen molar-refractivity contribution in [2.75, 3.05) is 6.61 Å². The van der Waals surface area contributed by atoms with Gasteiger partial charge in [0.2, 0.25) is 0 Å². The lowest BCUT2D eigenvalue weighted by molar-refractivity contribution is 0.331. The van der Waals surface area contributed by atoms with Gasteiger partial charge in [0.25, 0.3) is 0 Å². The van der Waals surface area contributed by atoms with E-state index in [1.165, 1.54) is 11.1 Å². The Morgan fingerprint density at radius 2 is 2.12 bits per heavy atom. The molecule has 0 radical (unpaired) electrons. The van der Waals surface area contributed by atoms with Gasteiger partial charge in [-0.2, -0.15) is 0 Å². The Hall–Kier alpha value is -0.210. The van der Waals surface area contributed by atoms with Gasteiger partial charge in [0, 0.05) is 10.0 Å². The van der Waals surface area contributed by atoms with Crippen molar-refractivity contribution in [1.29, 1.82) is 0 Å². The maximum absolute atomic E-state index is 6.40.